The highest BCUT2D eigenvalue weighted by atomic mass is 19.1. The van der Waals surface area contributed by atoms with Crippen LogP contribution in [0.25, 0.3) is 0 Å². The first-order valence-corrected chi connectivity index (χ1v) is 6.50. The predicted octanol–water partition coefficient (Wildman–Crippen LogP) is 2.69. The van der Waals surface area contributed by atoms with Crippen molar-refractivity contribution in [3.05, 3.63) is 29.6 Å². The minimum atomic E-state index is -0.234. The minimum absolute atomic E-state index is 0.0296. The van der Waals surface area contributed by atoms with Gasteiger partial charge in [0.05, 0.1) is 6.04 Å². The van der Waals surface area contributed by atoms with Gasteiger partial charge in [-0.05, 0) is 38.0 Å². The van der Waals surface area contributed by atoms with Gasteiger partial charge >= 0.3 is 0 Å². The van der Waals surface area contributed by atoms with Crippen molar-refractivity contribution in [2.75, 3.05) is 11.9 Å². The standard InChI is InChI=1S/C14H17FN2O/c1-9-7-13(17-6-2-3-14(17)18)11-8-10(15)4-5-12(11)16-9/h4-5,8-9,13,16H,2-3,6-7H2,1H3/t9-,13+/m0/s1. The summed E-state index contributed by atoms with van der Waals surface area (Å²) in [6.45, 7) is 2.89. The van der Waals surface area contributed by atoms with Crippen molar-refractivity contribution in [2.45, 2.75) is 38.3 Å². The van der Waals surface area contributed by atoms with Gasteiger partial charge in [-0.15, -0.1) is 0 Å². The number of halogens is 1. The SMILES string of the molecule is C[C@H]1C[C@@H](N2CCCC2=O)c2cc(F)ccc2N1. The van der Waals surface area contributed by atoms with Gasteiger partial charge in [0, 0.05) is 30.3 Å². The van der Waals surface area contributed by atoms with Crippen molar-refractivity contribution < 1.29 is 9.18 Å². The van der Waals surface area contributed by atoms with Crippen LogP contribution < -0.4 is 5.32 Å². The molecule has 3 nitrogen and oxygen atoms in total. The molecule has 0 aromatic heterocycles. The molecule has 3 rings (SSSR count). The normalized spacial score (nSPS) is 27.0. The summed E-state index contributed by atoms with van der Waals surface area (Å²) in [7, 11) is 0. The van der Waals surface area contributed by atoms with E-state index in [1.807, 2.05) is 4.90 Å². The predicted molar refractivity (Wildman–Crippen MR) is 67.8 cm³/mol. The van der Waals surface area contributed by atoms with Crippen LogP contribution in [0.4, 0.5) is 10.1 Å². The molecule has 0 aliphatic carbocycles. The maximum Gasteiger partial charge on any atom is 0.223 e. The number of fused-ring (bicyclic) bond motifs is 1. The van der Waals surface area contributed by atoms with Crippen LogP contribution in [-0.2, 0) is 4.79 Å². The lowest BCUT2D eigenvalue weighted by atomic mass is 9.92. The quantitative estimate of drug-likeness (QED) is 0.828. The van der Waals surface area contributed by atoms with Gasteiger partial charge < -0.3 is 10.2 Å². The summed E-state index contributed by atoms with van der Waals surface area (Å²) in [5, 5.41) is 3.35. The molecule has 2 atom stereocenters. The monoisotopic (exact) mass is 248 g/mol. The average molecular weight is 248 g/mol. The molecule has 1 fully saturated rings. The van der Waals surface area contributed by atoms with E-state index in [4.69, 9.17) is 0 Å². The Hall–Kier alpha value is -1.58. The smallest absolute Gasteiger partial charge is 0.223 e. The molecule has 1 amide bonds. The van der Waals surface area contributed by atoms with Crippen LogP contribution in [0.1, 0.15) is 37.8 Å². The van der Waals surface area contributed by atoms with Gasteiger partial charge in [0.2, 0.25) is 5.91 Å². The number of hydrogen-bond donors (Lipinski definition) is 1. The molecule has 0 radical (unpaired) electrons. The fourth-order valence-corrected chi connectivity index (χ4v) is 3.02. The van der Waals surface area contributed by atoms with Gasteiger partial charge in [-0.2, -0.15) is 0 Å². The average Bonchev–Trinajstić information content (AvgIpc) is 2.75. The summed E-state index contributed by atoms with van der Waals surface area (Å²) in [6, 6.07) is 5.13. The zero-order chi connectivity index (χ0) is 12.7. The van der Waals surface area contributed by atoms with E-state index in [2.05, 4.69) is 12.2 Å². The Balaban J connectivity index is 2.00. The number of carbonyl (C=O) groups excluding carboxylic acids is 1. The lowest BCUT2D eigenvalue weighted by Gasteiger charge is -2.36. The molecule has 0 bridgehead atoms. The van der Waals surface area contributed by atoms with E-state index in [1.54, 1.807) is 12.1 Å². The zero-order valence-electron chi connectivity index (χ0n) is 10.4. The first-order chi connectivity index (χ1) is 8.65. The second-order valence-corrected chi connectivity index (χ2v) is 5.22. The summed E-state index contributed by atoms with van der Waals surface area (Å²) < 4.78 is 13.4. The van der Waals surface area contributed by atoms with Crippen molar-refractivity contribution in [3.8, 4) is 0 Å². The molecular weight excluding hydrogens is 231 g/mol. The highest BCUT2D eigenvalue weighted by molar-refractivity contribution is 5.79. The first-order valence-electron chi connectivity index (χ1n) is 6.50. The molecule has 1 aromatic carbocycles. The lowest BCUT2D eigenvalue weighted by Crippen LogP contribution is -2.37. The topological polar surface area (TPSA) is 32.3 Å². The largest absolute Gasteiger partial charge is 0.382 e. The van der Waals surface area contributed by atoms with E-state index in [0.717, 1.165) is 30.6 Å². The molecule has 0 unspecified atom stereocenters. The third-order valence-corrected chi connectivity index (χ3v) is 3.84. The molecule has 0 spiro atoms. The summed E-state index contributed by atoms with van der Waals surface area (Å²) >= 11 is 0. The number of rotatable bonds is 1. The van der Waals surface area contributed by atoms with Crippen molar-refractivity contribution in [1.29, 1.82) is 0 Å². The minimum Gasteiger partial charge on any atom is -0.382 e. The second kappa shape index (κ2) is 4.26. The van der Waals surface area contributed by atoms with Crippen LogP contribution in [0, 0.1) is 5.82 Å². The molecule has 1 N–H and O–H groups in total. The van der Waals surface area contributed by atoms with Crippen LogP contribution >= 0.6 is 0 Å². The Kier molecular flexibility index (Phi) is 2.73. The van der Waals surface area contributed by atoms with E-state index in [9.17, 15) is 9.18 Å². The van der Waals surface area contributed by atoms with Crippen LogP contribution in [-0.4, -0.2) is 23.4 Å². The third kappa shape index (κ3) is 1.85. The van der Waals surface area contributed by atoms with E-state index >= 15 is 0 Å². The number of benzene rings is 1. The number of nitrogens with one attached hydrogen (secondary N) is 1. The van der Waals surface area contributed by atoms with Crippen LogP contribution in [0.15, 0.2) is 18.2 Å². The van der Waals surface area contributed by atoms with E-state index in [1.165, 1.54) is 6.07 Å². The summed E-state index contributed by atoms with van der Waals surface area (Å²) in [6.07, 6.45) is 2.40. The zero-order valence-corrected chi connectivity index (χ0v) is 10.4. The van der Waals surface area contributed by atoms with Gasteiger partial charge in [0.15, 0.2) is 0 Å². The molecule has 96 valence electrons. The van der Waals surface area contributed by atoms with Crippen molar-refractivity contribution in [2.24, 2.45) is 0 Å². The summed E-state index contributed by atoms with van der Waals surface area (Å²) in [5.74, 6) is -0.0361. The fraction of sp³-hybridized carbons (Fsp3) is 0.500. The Morgan fingerprint density at radius 1 is 1.44 bits per heavy atom. The fourth-order valence-electron chi connectivity index (χ4n) is 3.02. The highest BCUT2D eigenvalue weighted by Gasteiger charge is 2.34. The van der Waals surface area contributed by atoms with E-state index in [0.29, 0.717) is 12.5 Å². The van der Waals surface area contributed by atoms with Gasteiger partial charge in [0.1, 0.15) is 5.82 Å². The summed E-state index contributed by atoms with van der Waals surface area (Å²) in [4.78, 5) is 13.8. The molecule has 2 aliphatic heterocycles. The third-order valence-electron chi connectivity index (χ3n) is 3.84. The van der Waals surface area contributed by atoms with Crippen LogP contribution in [0.2, 0.25) is 0 Å². The van der Waals surface area contributed by atoms with Gasteiger partial charge in [-0.3, -0.25) is 4.79 Å². The molecule has 0 saturated carbocycles. The molecule has 4 heteroatoms. The Morgan fingerprint density at radius 2 is 2.28 bits per heavy atom. The lowest BCUT2D eigenvalue weighted by molar-refractivity contribution is -0.130. The van der Waals surface area contributed by atoms with E-state index < -0.39 is 0 Å². The van der Waals surface area contributed by atoms with Gasteiger partial charge in [-0.25, -0.2) is 4.39 Å². The Bertz CT molecular complexity index is 489. The maximum absolute atomic E-state index is 13.4. The van der Waals surface area contributed by atoms with Gasteiger partial charge in [0.25, 0.3) is 0 Å². The second-order valence-electron chi connectivity index (χ2n) is 5.22. The van der Waals surface area contributed by atoms with Crippen molar-refractivity contribution in [3.63, 3.8) is 0 Å². The Labute approximate surface area is 106 Å². The number of nitrogens with zero attached hydrogens (tertiary/aromatic N) is 1. The maximum atomic E-state index is 13.4. The van der Waals surface area contributed by atoms with E-state index in [-0.39, 0.29) is 17.8 Å². The number of hydrogen-bond acceptors (Lipinski definition) is 2. The molecule has 2 aliphatic rings. The molecule has 1 saturated heterocycles. The van der Waals surface area contributed by atoms with Crippen LogP contribution in [0.3, 0.4) is 0 Å². The molecule has 18 heavy (non-hydrogen) atoms. The van der Waals surface area contributed by atoms with Crippen molar-refractivity contribution in [1.82, 2.24) is 4.90 Å². The Morgan fingerprint density at radius 3 is 3.00 bits per heavy atom. The first kappa shape index (κ1) is 11.5. The van der Waals surface area contributed by atoms with Crippen LogP contribution in [0.5, 0.6) is 0 Å². The number of anilines is 1. The van der Waals surface area contributed by atoms with Crippen molar-refractivity contribution >= 4 is 11.6 Å². The number of amides is 1. The number of carbonyl (C=O) groups is 1. The van der Waals surface area contributed by atoms with Gasteiger partial charge in [-0.1, -0.05) is 0 Å². The highest BCUT2D eigenvalue weighted by Crippen LogP contribution is 2.38. The molecular formula is C14H17FN2O. The molecule has 1 aromatic rings. The summed E-state index contributed by atoms with van der Waals surface area (Å²) in [5.41, 5.74) is 1.88. The number of likely N-dealkylation sites (tertiary alicyclic amines) is 1. The molecule has 2 heterocycles.